The zero-order chi connectivity index (χ0) is 13.9. The fourth-order valence-electron chi connectivity index (χ4n) is 3.00. The van der Waals surface area contributed by atoms with Crippen LogP contribution >= 0.6 is 11.3 Å². The van der Waals surface area contributed by atoms with Gasteiger partial charge in [0.05, 0.1) is 5.41 Å². The molecule has 1 aromatic rings. The average Bonchev–Trinajstić information content (AvgIpc) is 2.84. The molecule has 1 aliphatic carbocycles. The molecular weight excluding hydrogens is 258 g/mol. The maximum atomic E-state index is 11.7. The number of rotatable bonds is 5. The number of aliphatic carboxylic acids is 1. The zero-order valence-electron chi connectivity index (χ0n) is 11.8. The maximum absolute atomic E-state index is 11.7. The van der Waals surface area contributed by atoms with Gasteiger partial charge in [-0.2, -0.15) is 0 Å². The van der Waals surface area contributed by atoms with Crippen LogP contribution in [0.1, 0.15) is 37.5 Å². The Bertz CT molecular complexity index is 408. The number of nitrogens with zero attached hydrogens (tertiary/aromatic N) is 1. The van der Waals surface area contributed by atoms with Crippen molar-refractivity contribution in [2.24, 2.45) is 11.3 Å². The van der Waals surface area contributed by atoms with Gasteiger partial charge in [-0.3, -0.25) is 4.79 Å². The molecule has 1 saturated carbocycles. The van der Waals surface area contributed by atoms with Gasteiger partial charge in [0.2, 0.25) is 0 Å². The Balaban J connectivity index is 1.98. The minimum absolute atomic E-state index is 0.529. The van der Waals surface area contributed by atoms with Crippen LogP contribution in [0.4, 0.5) is 0 Å². The van der Waals surface area contributed by atoms with Crippen LogP contribution in [0.25, 0.3) is 0 Å². The third kappa shape index (κ3) is 3.57. The molecule has 1 aromatic heterocycles. The second kappa shape index (κ2) is 6.06. The van der Waals surface area contributed by atoms with Gasteiger partial charge in [-0.1, -0.05) is 13.0 Å². The largest absolute Gasteiger partial charge is 0.481 e. The van der Waals surface area contributed by atoms with Gasteiger partial charge in [0.15, 0.2) is 0 Å². The molecule has 1 heterocycles. The molecule has 0 amide bonds. The first-order chi connectivity index (χ1) is 9.02. The molecule has 4 heteroatoms. The molecule has 1 aliphatic rings. The Morgan fingerprint density at radius 3 is 2.74 bits per heavy atom. The zero-order valence-corrected chi connectivity index (χ0v) is 12.6. The molecule has 1 N–H and O–H groups in total. The Hall–Kier alpha value is -0.870. The van der Waals surface area contributed by atoms with Crippen LogP contribution in [-0.2, 0) is 11.3 Å². The molecule has 0 aromatic carbocycles. The van der Waals surface area contributed by atoms with Crippen LogP contribution in [0.3, 0.4) is 0 Å². The first-order valence-electron chi connectivity index (χ1n) is 6.96. The molecule has 0 saturated heterocycles. The highest BCUT2D eigenvalue weighted by Crippen LogP contribution is 2.39. The molecule has 0 aliphatic heterocycles. The van der Waals surface area contributed by atoms with Crippen LogP contribution < -0.4 is 0 Å². The smallest absolute Gasteiger partial charge is 0.310 e. The van der Waals surface area contributed by atoms with E-state index in [2.05, 4.69) is 23.3 Å². The van der Waals surface area contributed by atoms with E-state index >= 15 is 0 Å². The molecule has 0 spiro atoms. The lowest BCUT2D eigenvalue weighted by Crippen LogP contribution is -2.44. The Kier molecular flexibility index (Phi) is 4.63. The molecule has 0 atom stereocenters. The summed E-state index contributed by atoms with van der Waals surface area (Å²) in [6, 6.07) is 4.15. The van der Waals surface area contributed by atoms with Crippen molar-refractivity contribution in [1.29, 1.82) is 0 Å². The van der Waals surface area contributed by atoms with Crippen molar-refractivity contribution >= 4 is 17.3 Å². The standard InChI is InChI=1S/C15H23NO2S/c1-12-5-7-15(8-6-12,14(17)18)11-16(2)10-13-4-3-9-19-13/h3-4,9,12H,5-8,10-11H2,1-2H3,(H,17,18). The second-order valence-electron chi connectivity index (χ2n) is 6.02. The number of carbonyl (C=O) groups is 1. The van der Waals surface area contributed by atoms with E-state index in [-0.39, 0.29) is 0 Å². The van der Waals surface area contributed by atoms with Crippen molar-refractivity contribution in [2.45, 2.75) is 39.2 Å². The van der Waals surface area contributed by atoms with Crippen molar-refractivity contribution in [3.63, 3.8) is 0 Å². The maximum Gasteiger partial charge on any atom is 0.310 e. The number of hydrogen-bond donors (Lipinski definition) is 1. The van der Waals surface area contributed by atoms with Crippen molar-refractivity contribution in [3.8, 4) is 0 Å². The van der Waals surface area contributed by atoms with Gasteiger partial charge in [-0.25, -0.2) is 0 Å². The molecule has 0 unspecified atom stereocenters. The van der Waals surface area contributed by atoms with Gasteiger partial charge in [0, 0.05) is 18.0 Å². The van der Waals surface area contributed by atoms with Gasteiger partial charge in [0.1, 0.15) is 0 Å². The number of carboxylic acid groups (broad SMARTS) is 1. The highest BCUT2D eigenvalue weighted by atomic mass is 32.1. The molecule has 2 rings (SSSR count). The quantitative estimate of drug-likeness (QED) is 0.898. The van der Waals surface area contributed by atoms with Crippen molar-refractivity contribution < 1.29 is 9.90 Å². The molecule has 0 bridgehead atoms. The average molecular weight is 281 g/mol. The van der Waals surface area contributed by atoms with E-state index in [9.17, 15) is 9.90 Å². The minimum atomic E-state index is -0.613. The van der Waals surface area contributed by atoms with Crippen LogP contribution in [0.2, 0.25) is 0 Å². The molecule has 106 valence electrons. The van der Waals surface area contributed by atoms with Crippen molar-refractivity contribution in [2.75, 3.05) is 13.6 Å². The summed E-state index contributed by atoms with van der Waals surface area (Å²) in [5.41, 5.74) is -0.529. The minimum Gasteiger partial charge on any atom is -0.481 e. The summed E-state index contributed by atoms with van der Waals surface area (Å²) in [5, 5.41) is 11.7. The summed E-state index contributed by atoms with van der Waals surface area (Å²) in [7, 11) is 2.03. The van der Waals surface area contributed by atoms with Crippen molar-refractivity contribution in [1.82, 2.24) is 4.90 Å². The topological polar surface area (TPSA) is 40.5 Å². The van der Waals surface area contributed by atoms with E-state index in [0.717, 1.165) is 32.2 Å². The van der Waals surface area contributed by atoms with Gasteiger partial charge in [0.25, 0.3) is 0 Å². The van der Waals surface area contributed by atoms with E-state index in [1.165, 1.54) is 4.88 Å². The van der Waals surface area contributed by atoms with Gasteiger partial charge in [-0.05, 0) is 50.1 Å². The molecular formula is C15H23NO2S. The van der Waals surface area contributed by atoms with E-state index in [1.807, 2.05) is 13.1 Å². The highest BCUT2D eigenvalue weighted by molar-refractivity contribution is 7.09. The van der Waals surface area contributed by atoms with Crippen LogP contribution in [0.15, 0.2) is 17.5 Å². The predicted molar refractivity (Wildman–Crippen MR) is 78.4 cm³/mol. The van der Waals surface area contributed by atoms with E-state index in [1.54, 1.807) is 11.3 Å². The fourth-order valence-corrected chi connectivity index (χ4v) is 3.78. The Morgan fingerprint density at radius 2 is 2.21 bits per heavy atom. The van der Waals surface area contributed by atoms with Gasteiger partial charge in [-0.15, -0.1) is 11.3 Å². The van der Waals surface area contributed by atoms with Crippen LogP contribution in [0.5, 0.6) is 0 Å². The summed E-state index contributed by atoms with van der Waals surface area (Å²) in [4.78, 5) is 15.2. The lowest BCUT2D eigenvalue weighted by atomic mass is 9.70. The Labute approximate surface area is 119 Å². The van der Waals surface area contributed by atoms with Crippen LogP contribution in [0, 0.1) is 11.3 Å². The van der Waals surface area contributed by atoms with E-state index < -0.39 is 11.4 Å². The predicted octanol–water partition coefficient (Wildman–Crippen LogP) is 3.46. The third-order valence-electron chi connectivity index (χ3n) is 4.26. The van der Waals surface area contributed by atoms with E-state index in [4.69, 9.17) is 0 Å². The second-order valence-corrected chi connectivity index (χ2v) is 7.05. The summed E-state index contributed by atoms with van der Waals surface area (Å²) in [5.74, 6) is 0.0625. The van der Waals surface area contributed by atoms with Gasteiger partial charge < -0.3 is 10.0 Å². The SMILES string of the molecule is CC1CCC(CN(C)Cc2cccs2)(C(=O)O)CC1. The molecule has 0 radical (unpaired) electrons. The van der Waals surface area contributed by atoms with Crippen molar-refractivity contribution in [3.05, 3.63) is 22.4 Å². The summed E-state index contributed by atoms with van der Waals surface area (Å²) < 4.78 is 0. The first kappa shape index (κ1) is 14.5. The number of hydrogen-bond acceptors (Lipinski definition) is 3. The monoisotopic (exact) mass is 281 g/mol. The molecule has 19 heavy (non-hydrogen) atoms. The summed E-state index contributed by atoms with van der Waals surface area (Å²) >= 11 is 1.73. The lowest BCUT2D eigenvalue weighted by Gasteiger charge is -2.38. The first-order valence-corrected chi connectivity index (χ1v) is 7.84. The lowest BCUT2D eigenvalue weighted by molar-refractivity contribution is -0.153. The normalized spacial score (nSPS) is 27.6. The van der Waals surface area contributed by atoms with Crippen LogP contribution in [-0.4, -0.2) is 29.6 Å². The summed E-state index contributed by atoms with van der Waals surface area (Å²) in [6.07, 6.45) is 3.72. The van der Waals surface area contributed by atoms with Gasteiger partial charge >= 0.3 is 5.97 Å². The van der Waals surface area contributed by atoms with E-state index in [0.29, 0.717) is 12.5 Å². The number of thiophene rings is 1. The molecule has 1 fully saturated rings. The number of carboxylic acids is 1. The Morgan fingerprint density at radius 1 is 1.53 bits per heavy atom. The third-order valence-corrected chi connectivity index (χ3v) is 5.12. The summed E-state index contributed by atoms with van der Waals surface area (Å²) in [6.45, 7) is 3.73. The highest BCUT2D eigenvalue weighted by Gasteiger charge is 2.41. The molecule has 3 nitrogen and oxygen atoms in total. The fraction of sp³-hybridized carbons (Fsp3) is 0.667.